The van der Waals surface area contributed by atoms with Gasteiger partial charge in [-0.05, 0) is 54.0 Å². The molecule has 0 unspecified atom stereocenters. The summed E-state index contributed by atoms with van der Waals surface area (Å²) >= 11 is 2.27. The lowest BCUT2D eigenvalue weighted by molar-refractivity contribution is 0.691. The topological polar surface area (TPSA) is 64.7 Å². The van der Waals surface area contributed by atoms with Gasteiger partial charge in [-0.3, -0.25) is 4.98 Å². The first kappa shape index (κ1) is 13.7. The Morgan fingerprint density at radius 1 is 1.20 bits per heavy atom. The second-order valence-electron chi connectivity index (χ2n) is 5.33. The molecule has 0 aromatic carbocycles. The minimum atomic E-state index is 0.524. The summed E-state index contributed by atoms with van der Waals surface area (Å²) in [7, 11) is 0. The number of rotatable bonds is 2. The summed E-state index contributed by atoms with van der Waals surface area (Å²) < 4.78 is 1.00. The van der Waals surface area contributed by atoms with Gasteiger partial charge in [-0.2, -0.15) is 0 Å². The van der Waals surface area contributed by atoms with Gasteiger partial charge < -0.3 is 5.73 Å². The lowest BCUT2D eigenvalue weighted by Gasteiger charge is -2.13. The minimum absolute atomic E-state index is 0.524. The summed E-state index contributed by atoms with van der Waals surface area (Å²) in [4.78, 5) is 13.6. The molecule has 1 aliphatic rings. The fourth-order valence-corrected chi connectivity index (χ4v) is 3.35. The third kappa shape index (κ3) is 2.63. The van der Waals surface area contributed by atoms with E-state index in [4.69, 9.17) is 10.7 Å². The van der Waals surface area contributed by atoms with E-state index in [9.17, 15) is 0 Å². The number of anilines is 1. The first-order valence-corrected chi connectivity index (χ1v) is 7.99. The molecule has 0 aliphatic heterocycles. The predicted octanol–water partition coefficient (Wildman–Crippen LogP) is 3.69. The summed E-state index contributed by atoms with van der Waals surface area (Å²) in [6.45, 7) is 2.02. The first-order valence-electron chi connectivity index (χ1n) is 6.91. The summed E-state index contributed by atoms with van der Waals surface area (Å²) in [6, 6.07) is 3.98. The van der Waals surface area contributed by atoms with Gasteiger partial charge in [0.2, 0.25) is 0 Å². The van der Waals surface area contributed by atoms with Crippen LogP contribution < -0.4 is 5.73 Å². The Morgan fingerprint density at radius 2 is 1.95 bits per heavy atom. The lowest BCUT2D eigenvalue weighted by Crippen LogP contribution is -2.08. The van der Waals surface area contributed by atoms with Gasteiger partial charge in [-0.25, -0.2) is 9.97 Å². The third-order valence-electron chi connectivity index (χ3n) is 3.78. The molecule has 2 N–H and O–H groups in total. The number of aromatic nitrogens is 3. The Hall–Kier alpha value is -1.24. The zero-order valence-corrected chi connectivity index (χ0v) is 13.6. The first-order chi connectivity index (χ1) is 9.65. The molecule has 2 aromatic heterocycles. The normalized spacial score (nSPS) is 15.7. The minimum Gasteiger partial charge on any atom is -0.383 e. The van der Waals surface area contributed by atoms with Crippen molar-refractivity contribution in [3.05, 3.63) is 33.2 Å². The summed E-state index contributed by atoms with van der Waals surface area (Å²) in [6.07, 6.45) is 6.80. The SMILES string of the molecule is Cc1ccc(-c2nc(N)c(I)c(C3CCCC3)n2)nc1. The van der Waals surface area contributed by atoms with E-state index >= 15 is 0 Å². The molecule has 0 spiro atoms. The van der Waals surface area contributed by atoms with Crippen LogP contribution in [0.3, 0.4) is 0 Å². The summed E-state index contributed by atoms with van der Waals surface area (Å²) in [5, 5.41) is 0. The Morgan fingerprint density at radius 3 is 2.60 bits per heavy atom. The van der Waals surface area contributed by atoms with Crippen molar-refractivity contribution in [1.29, 1.82) is 0 Å². The number of nitrogen functional groups attached to an aromatic ring is 1. The van der Waals surface area contributed by atoms with Crippen LogP contribution in [0.25, 0.3) is 11.5 Å². The average Bonchev–Trinajstić information content (AvgIpc) is 2.96. The highest BCUT2D eigenvalue weighted by molar-refractivity contribution is 14.1. The summed E-state index contributed by atoms with van der Waals surface area (Å²) in [5.74, 6) is 1.74. The molecular formula is C15H17IN4. The fraction of sp³-hybridized carbons (Fsp3) is 0.400. The maximum atomic E-state index is 6.07. The number of nitrogens with two attached hydrogens (primary N) is 1. The molecular weight excluding hydrogens is 363 g/mol. The Balaban J connectivity index is 2.05. The number of halogens is 1. The van der Waals surface area contributed by atoms with Gasteiger partial charge >= 0.3 is 0 Å². The van der Waals surface area contributed by atoms with Crippen LogP contribution in [0.1, 0.15) is 42.9 Å². The molecule has 20 heavy (non-hydrogen) atoms. The van der Waals surface area contributed by atoms with Gasteiger partial charge in [0.15, 0.2) is 5.82 Å². The van der Waals surface area contributed by atoms with Gasteiger partial charge in [-0.15, -0.1) is 0 Å². The standard InChI is InChI=1S/C15H17IN4/c1-9-6-7-11(18-8-9)15-19-13(10-4-2-3-5-10)12(16)14(17)20-15/h6-8,10H,2-5H2,1H3,(H2,17,19,20). The van der Waals surface area contributed by atoms with Crippen molar-refractivity contribution >= 4 is 28.4 Å². The van der Waals surface area contributed by atoms with Gasteiger partial charge in [0, 0.05) is 12.1 Å². The van der Waals surface area contributed by atoms with Crippen LogP contribution in [0.4, 0.5) is 5.82 Å². The highest BCUT2D eigenvalue weighted by atomic mass is 127. The Labute approximate surface area is 132 Å². The summed E-state index contributed by atoms with van der Waals surface area (Å²) in [5.41, 5.74) is 9.09. The van der Waals surface area contributed by atoms with Crippen LogP contribution in [0.15, 0.2) is 18.3 Å². The molecule has 3 rings (SSSR count). The molecule has 2 heterocycles. The van der Waals surface area contributed by atoms with Crippen molar-refractivity contribution < 1.29 is 0 Å². The molecule has 0 bridgehead atoms. The zero-order valence-electron chi connectivity index (χ0n) is 11.4. The number of pyridine rings is 1. The Kier molecular flexibility index (Phi) is 3.87. The lowest BCUT2D eigenvalue weighted by atomic mass is 10.0. The van der Waals surface area contributed by atoms with Gasteiger partial charge in [0.25, 0.3) is 0 Å². The van der Waals surface area contributed by atoms with E-state index in [2.05, 4.69) is 32.6 Å². The molecule has 1 fully saturated rings. The number of nitrogens with zero attached hydrogens (tertiary/aromatic N) is 3. The van der Waals surface area contributed by atoms with E-state index in [0.29, 0.717) is 17.6 Å². The van der Waals surface area contributed by atoms with Crippen molar-refractivity contribution in [2.75, 3.05) is 5.73 Å². The molecule has 5 heteroatoms. The van der Waals surface area contributed by atoms with E-state index in [0.717, 1.165) is 20.5 Å². The molecule has 104 valence electrons. The van der Waals surface area contributed by atoms with Gasteiger partial charge in [0.1, 0.15) is 11.5 Å². The van der Waals surface area contributed by atoms with Crippen LogP contribution in [0, 0.1) is 10.5 Å². The highest BCUT2D eigenvalue weighted by Crippen LogP contribution is 2.37. The van der Waals surface area contributed by atoms with Crippen molar-refractivity contribution in [1.82, 2.24) is 15.0 Å². The van der Waals surface area contributed by atoms with E-state index in [1.807, 2.05) is 25.3 Å². The maximum Gasteiger partial charge on any atom is 0.180 e. The molecule has 0 radical (unpaired) electrons. The number of hydrogen-bond acceptors (Lipinski definition) is 4. The van der Waals surface area contributed by atoms with Gasteiger partial charge in [-0.1, -0.05) is 18.9 Å². The monoisotopic (exact) mass is 380 g/mol. The van der Waals surface area contributed by atoms with Crippen LogP contribution in [0.2, 0.25) is 0 Å². The predicted molar refractivity (Wildman–Crippen MR) is 88.3 cm³/mol. The van der Waals surface area contributed by atoms with E-state index < -0.39 is 0 Å². The molecule has 1 aliphatic carbocycles. The smallest absolute Gasteiger partial charge is 0.180 e. The fourth-order valence-electron chi connectivity index (χ4n) is 2.67. The average molecular weight is 380 g/mol. The Bertz CT molecular complexity index is 619. The second-order valence-corrected chi connectivity index (χ2v) is 6.41. The maximum absolute atomic E-state index is 6.07. The van der Waals surface area contributed by atoms with Crippen LogP contribution in [-0.2, 0) is 0 Å². The zero-order chi connectivity index (χ0) is 14.1. The molecule has 2 aromatic rings. The quantitative estimate of drug-likeness (QED) is 0.808. The molecule has 1 saturated carbocycles. The van der Waals surface area contributed by atoms with Crippen molar-refractivity contribution in [3.8, 4) is 11.5 Å². The third-order valence-corrected chi connectivity index (χ3v) is 4.89. The molecule has 0 amide bonds. The van der Waals surface area contributed by atoms with Crippen LogP contribution in [0.5, 0.6) is 0 Å². The van der Waals surface area contributed by atoms with Gasteiger partial charge in [0.05, 0.1) is 9.26 Å². The molecule has 4 nitrogen and oxygen atoms in total. The molecule has 0 atom stereocenters. The molecule has 0 saturated heterocycles. The van der Waals surface area contributed by atoms with Crippen LogP contribution >= 0.6 is 22.6 Å². The van der Waals surface area contributed by atoms with E-state index in [1.54, 1.807) is 0 Å². The number of aryl methyl sites for hydroxylation is 1. The van der Waals surface area contributed by atoms with E-state index in [-0.39, 0.29) is 0 Å². The van der Waals surface area contributed by atoms with Crippen molar-refractivity contribution in [2.24, 2.45) is 0 Å². The highest BCUT2D eigenvalue weighted by Gasteiger charge is 2.23. The van der Waals surface area contributed by atoms with E-state index in [1.165, 1.54) is 25.7 Å². The second kappa shape index (κ2) is 5.63. The van der Waals surface area contributed by atoms with Crippen molar-refractivity contribution in [2.45, 2.75) is 38.5 Å². The largest absolute Gasteiger partial charge is 0.383 e. The number of hydrogen-bond donors (Lipinski definition) is 1. The van der Waals surface area contributed by atoms with Crippen molar-refractivity contribution in [3.63, 3.8) is 0 Å². The van der Waals surface area contributed by atoms with Crippen LogP contribution in [-0.4, -0.2) is 15.0 Å².